The van der Waals surface area contributed by atoms with Gasteiger partial charge >= 0.3 is 11.9 Å². The summed E-state index contributed by atoms with van der Waals surface area (Å²) in [5.74, 6) is -4.34. The number of hydrogen-bond acceptors (Lipinski definition) is 4. The molecule has 0 spiro atoms. The van der Waals surface area contributed by atoms with Crippen molar-refractivity contribution >= 4 is 17.9 Å². The van der Waals surface area contributed by atoms with Crippen LogP contribution in [0.15, 0.2) is 12.2 Å². The third-order valence-electron chi connectivity index (χ3n) is 6.73. The molecule has 0 radical (unpaired) electrons. The van der Waals surface area contributed by atoms with Crippen molar-refractivity contribution in [2.24, 2.45) is 17.8 Å². The van der Waals surface area contributed by atoms with Gasteiger partial charge in [-0.15, -0.1) is 0 Å². The van der Waals surface area contributed by atoms with Crippen LogP contribution in [0.25, 0.3) is 0 Å². The molecule has 0 aromatic rings. The Balaban J connectivity index is 5.18. The zero-order valence-corrected chi connectivity index (χ0v) is 21.3. The number of unbranched alkanes of at least 4 members (excludes halogenated alkanes) is 5. The fourth-order valence-corrected chi connectivity index (χ4v) is 3.90. The molecule has 0 aromatic carbocycles. The van der Waals surface area contributed by atoms with E-state index in [0.717, 1.165) is 51.5 Å². The number of allylic oxidation sites excluding steroid dienone is 2. The van der Waals surface area contributed by atoms with Crippen LogP contribution >= 0.6 is 0 Å². The highest BCUT2D eigenvalue weighted by Gasteiger charge is 2.30. The van der Waals surface area contributed by atoms with E-state index >= 15 is 0 Å². The summed E-state index contributed by atoms with van der Waals surface area (Å²) in [5, 5.41) is 29.9. The zero-order chi connectivity index (χ0) is 25.3. The molecule has 0 aromatic heterocycles. The third-order valence-corrected chi connectivity index (χ3v) is 6.73. The van der Waals surface area contributed by atoms with E-state index < -0.39 is 35.7 Å². The molecule has 0 saturated heterocycles. The normalized spacial score (nSPS) is 16.2. The average Bonchev–Trinajstić information content (AvgIpc) is 2.77. The molecule has 7 heteroatoms. The summed E-state index contributed by atoms with van der Waals surface area (Å²) in [5.41, 5.74) is 0. The monoisotopic (exact) mass is 469 g/mol. The first kappa shape index (κ1) is 31.1. The molecule has 0 bridgehead atoms. The Morgan fingerprint density at radius 1 is 0.727 bits per heavy atom. The highest BCUT2D eigenvalue weighted by Crippen LogP contribution is 2.21. The summed E-state index contributed by atoms with van der Waals surface area (Å²) < 4.78 is 0.573. The van der Waals surface area contributed by atoms with Crippen molar-refractivity contribution in [3.63, 3.8) is 0 Å². The van der Waals surface area contributed by atoms with Gasteiger partial charge in [0.1, 0.15) is 0 Å². The highest BCUT2D eigenvalue weighted by molar-refractivity contribution is 5.69. The number of carboxylic acids is 3. The molecule has 3 unspecified atom stereocenters. The van der Waals surface area contributed by atoms with E-state index in [4.69, 9.17) is 0 Å². The molecule has 0 aliphatic carbocycles. The first-order chi connectivity index (χ1) is 15.5. The average molecular weight is 470 g/mol. The summed E-state index contributed by atoms with van der Waals surface area (Å²) in [6.07, 6.45) is 13.5. The van der Waals surface area contributed by atoms with Crippen LogP contribution in [-0.4, -0.2) is 58.8 Å². The lowest BCUT2D eigenvalue weighted by atomic mass is 10.0. The van der Waals surface area contributed by atoms with Crippen LogP contribution in [-0.2, 0) is 14.4 Å². The van der Waals surface area contributed by atoms with Gasteiger partial charge in [-0.3, -0.25) is 9.59 Å². The molecule has 0 aliphatic rings. The molecule has 0 rings (SSSR count). The Kier molecular flexibility index (Phi) is 16.6. The van der Waals surface area contributed by atoms with Gasteiger partial charge in [0.15, 0.2) is 0 Å². The van der Waals surface area contributed by atoms with Crippen molar-refractivity contribution in [1.82, 2.24) is 0 Å². The van der Waals surface area contributed by atoms with Crippen LogP contribution in [0.3, 0.4) is 0 Å². The molecule has 2 N–H and O–H groups in total. The van der Waals surface area contributed by atoms with E-state index in [0.29, 0.717) is 43.4 Å². The van der Waals surface area contributed by atoms with Gasteiger partial charge in [0.25, 0.3) is 0 Å². The molecule has 0 aliphatic heterocycles. The van der Waals surface area contributed by atoms with Crippen molar-refractivity contribution < 1.29 is 34.2 Å². The summed E-state index contributed by atoms with van der Waals surface area (Å²) in [4.78, 5) is 34.0. The van der Waals surface area contributed by atoms with Gasteiger partial charge < -0.3 is 24.6 Å². The smallest absolute Gasteiger partial charge is 0.306 e. The second-order valence-electron chi connectivity index (χ2n) is 9.76. The maximum absolute atomic E-state index is 11.4. The molecule has 0 heterocycles. The number of quaternary nitrogens is 1. The lowest BCUT2D eigenvalue weighted by molar-refractivity contribution is -0.929. The number of carboxylic acid groups (broad SMARTS) is 3. The van der Waals surface area contributed by atoms with Crippen LogP contribution in [0.1, 0.15) is 91.9 Å². The van der Waals surface area contributed by atoms with Crippen molar-refractivity contribution in [3.05, 3.63) is 12.2 Å². The van der Waals surface area contributed by atoms with E-state index in [1.54, 1.807) is 20.8 Å². The van der Waals surface area contributed by atoms with Crippen molar-refractivity contribution in [3.8, 4) is 0 Å². The first-order valence-electron chi connectivity index (χ1n) is 12.7. The van der Waals surface area contributed by atoms with Crippen molar-refractivity contribution in [2.45, 2.75) is 91.9 Å². The van der Waals surface area contributed by atoms with Gasteiger partial charge in [-0.1, -0.05) is 52.7 Å². The van der Waals surface area contributed by atoms with Crippen molar-refractivity contribution in [2.75, 3.05) is 26.2 Å². The van der Waals surface area contributed by atoms with E-state index in [9.17, 15) is 29.7 Å². The van der Waals surface area contributed by atoms with E-state index in [1.807, 2.05) is 0 Å². The molecule has 33 heavy (non-hydrogen) atoms. The SMILES string of the molecule is CCC/C=C/CCCCCC[N+](CCC(C)C(=O)[O-])(CCC(C)C(=O)O)CCC(C)C(=O)O. The molecule has 3 atom stereocenters. The molecule has 192 valence electrons. The number of aliphatic carboxylic acids is 3. The third kappa shape index (κ3) is 14.8. The second-order valence-corrected chi connectivity index (χ2v) is 9.76. The fourth-order valence-electron chi connectivity index (χ4n) is 3.90. The largest absolute Gasteiger partial charge is 0.550 e. The fraction of sp³-hybridized carbons (Fsp3) is 0.808. The maximum Gasteiger partial charge on any atom is 0.306 e. The number of rotatable bonds is 21. The van der Waals surface area contributed by atoms with Gasteiger partial charge in [0.2, 0.25) is 0 Å². The zero-order valence-electron chi connectivity index (χ0n) is 21.3. The standard InChI is InChI=1S/C26H47NO6/c1-5-6-7-8-9-10-11-12-13-17-27(18-14-21(2)24(28)29,19-15-22(3)25(30)31)20-16-23(4)26(32)33/h7-8,21-23H,5-6,9-20H2,1-4H3,(H2-,28,29,30,31,32,33)/b8-7+. The molecule has 0 fully saturated rings. The van der Waals surface area contributed by atoms with Gasteiger partial charge in [-0.05, 0) is 32.1 Å². The topological polar surface area (TPSA) is 115 Å². The Labute approximate surface area is 200 Å². The number of nitrogens with zero attached hydrogens (tertiary/aromatic N) is 1. The minimum absolute atomic E-state index is 0.438. The van der Waals surface area contributed by atoms with Crippen LogP contribution in [0.2, 0.25) is 0 Å². The number of carbonyl (C=O) groups excluding carboxylic acids is 1. The molecule has 7 nitrogen and oxygen atoms in total. The Morgan fingerprint density at radius 2 is 1.18 bits per heavy atom. The highest BCUT2D eigenvalue weighted by atomic mass is 16.4. The van der Waals surface area contributed by atoms with Crippen LogP contribution < -0.4 is 5.11 Å². The lowest BCUT2D eigenvalue weighted by Crippen LogP contribution is -2.52. The summed E-state index contributed by atoms with van der Waals surface area (Å²) >= 11 is 0. The van der Waals surface area contributed by atoms with Crippen LogP contribution in [0.4, 0.5) is 0 Å². The van der Waals surface area contributed by atoms with E-state index in [-0.39, 0.29) is 0 Å². The Morgan fingerprint density at radius 3 is 1.64 bits per heavy atom. The Bertz CT molecular complexity index is 544. The predicted octanol–water partition coefficient (Wildman–Crippen LogP) is 4.11. The lowest BCUT2D eigenvalue weighted by Gasteiger charge is -2.41. The predicted molar refractivity (Wildman–Crippen MR) is 128 cm³/mol. The van der Waals surface area contributed by atoms with Gasteiger partial charge in [0.05, 0.1) is 38.0 Å². The Hall–Kier alpha value is -1.89. The minimum Gasteiger partial charge on any atom is -0.550 e. The number of carbonyl (C=O) groups is 3. The second kappa shape index (κ2) is 17.6. The number of hydrogen-bond donors (Lipinski definition) is 2. The van der Waals surface area contributed by atoms with E-state index in [2.05, 4.69) is 19.1 Å². The minimum atomic E-state index is -1.08. The van der Waals surface area contributed by atoms with Gasteiger partial charge in [-0.2, -0.15) is 0 Å². The molecular weight excluding hydrogens is 422 g/mol. The van der Waals surface area contributed by atoms with Crippen LogP contribution in [0.5, 0.6) is 0 Å². The molecular formula is C26H47NO6. The summed E-state index contributed by atoms with van der Waals surface area (Å²) in [6, 6.07) is 0. The van der Waals surface area contributed by atoms with E-state index in [1.165, 1.54) is 0 Å². The molecule has 0 saturated carbocycles. The van der Waals surface area contributed by atoms with Gasteiger partial charge in [-0.25, -0.2) is 0 Å². The molecule has 0 amide bonds. The van der Waals surface area contributed by atoms with Crippen LogP contribution in [0, 0.1) is 17.8 Å². The summed E-state index contributed by atoms with van der Waals surface area (Å²) in [6.45, 7) is 9.79. The first-order valence-corrected chi connectivity index (χ1v) is 12.7. The summed E-state index contributed by atoms with van der Waals surface area (Å²) in [7, 11) is 0. The van der Waals surface area contributed by atoms with Crippen molar-refractivity contribution in [1.29, 1.82) is 0 Å². The quantitative estimate of drug-likeness (QED) is 0.149. The maximum atomic E-state index is 11.4. The van der Waals surface area contributed by atoms with Gasteiger partial charge in [0, 0.05) is 31.1 Å².